The SMILES string of the molecule is COc1ncnc(OC)c1C(=O)Nc1nc(C(F)(F)F)c(-c2cnc(N3CCOCC3)nc2)s1. The standard InChI is InChI=1S/C19H18F3N7O4S/c1-31-15-11(16(32-2)26-9-25-15)14(30)28-18-27-13(19(20,21)22)12(34-18)10-7-23-17(24-8-10)29-3-5-33-6-4-29/h7-9H,3-6H2,1-2H3,(H,27,28,30). The van der Waals surface area contributed by atoms with Gasteiger partial charge in [-0.2, -0.15) is 13.2 Å². The molecule has 1 aliphatic heterocycles. The van der Waals surface area contributed by atoms with Crippen molar-refractivity contribution in [2.75, 3.05) is 50.7 Å². The molecule has 0 aliphatic carbocycles. The third kappa shape index (κ3) is 4.84. The number of alkyl halides is 3. The van der Waals surface area contributed by atoms with Crippen molar-refractivity contribution in [3.8, 4) is 22.2 Å². The van der Waals surface area contributed by atoms with Gasteiger partial charge < -0.3 is 19.1 Å². The largest absolute Gasteiger partial charge is 0.480 e. The number of ether oxygens (including phenoxy) is 3. The van der Waals surface area contributed by atoms with E-state index in [1.165, 1.54) is 26.6 Å². The topological polar surface area (TPSA) is 124 Å². The highest BCUT2D eigenvalue weighted by Crippen LogP contribution is 2.42. The molecule has 4 heterocycles. The van der Waals surface area contributed by atoms with Crippen LogP contribution in [-0.4, -0.2) is 71.3 Å². The summed E-state index contributed by atoms with van der Waals surface area (Å²) >= 11 is 0.632. The first kappa shape index (κ1) is 23.6. The molecule has 4 rings (SSSR count). The van der Waals surface area contributed by atoms with E-state index in [9.17, 15) is 18.0 Å². The fraction of sp³-hybridized carbons (Fsp3) is 0.368. The first-order valence-corrected chi connectivity index (χ1v) is 10.6. The highest BCUT2D eigenvalue weighted by Gasteiger charge is 2.38. The summed E-state index contributed by atoms with van der Waals surface area (Å²) in [6, 6.07) is 0. The average molecular weight is 497 g/mol. The van der Waals surface area contributed by atoms with Crippen molar-refractivity contribution >= 4 is 28.3 Å². The Balaban J connectivity index is 1.64. The molecule has 1 amide bonds. The van der Waals surface area contributed by atoms with E-state index < -0.39 is 17.8 Å². The van der Waals surface area contributed by atoms with Gasteiger partial charge in [-0.3, -0.25) is 10.1 Å². The maximum absolute atomic E-state index is 13.7. The Morgan fingerprint density at radius 3 is 2.26 bits per heavy atom. The summed E-state index contributed by atoms with van der Waals surface area (Å²) in [6.45, 7) is 2.20. The number of amides is 1. The number of thiazole rings is 1. The van der Waals surface area contributed by atoms with Crippen LogP contribution in [0.1, 0.15) is 16.1 Å². The Labute approximate surface area is 195 Å². The lowest BCUT2D eigenvalue weighted by Crippen LogP contribution is -2.37. The van der Waals surface area contributed by atoms with Crippen LogP contribution in [0.5, 0.6) is 11.8 Å². The van der Waals surface area contributed by atoms with Gasteiger partial charge in [-0.25, -0.2) is 24.9 Å². The maximum Gasteiger partial charge on any atom is 0.434 e. The first-order valence-electron chi connectivity index (χ1n) is 9.79. The van der Waals surface area contributed by atoms with Gasteiger partial charge in [0.05, 0.1) is 32.3 Å². The summed E-state index contributed by atoms with van der Waals surface area (Å²) in [5, 5.41) is 2.04. The molecule has 0 atom stereocenters. The van der Waals surface area contributed by atoms with Gasteiger partial charge in [0.2, 0.25) is 17.7 Å². The molecule has 1 N–H and O–H groups in total. The lowest BCUT2D eigenvalue weighted by atomic mass is 10.2. The Bertz CT molecular complexity index is 1150. The monoisotopic (exact) mass is 497 g/mol. The third-order valence-electron chi connectivity index (χ3n) is 4.70. The minimum Gasteiger partial charge on any atom is -0.480 e. The molecule has 0 saturated carbocycles. The van der Waals surface area contributed by atoms with Crippen LogP contribution in [0.2, 0.25) is 0 Å². The van der Waals surface area contributed by atoms with Crippen LogP contribution < -0.4 is 19.7 Å². The summed E-state index contributed by atoms with van der Waals surface area (Å²) in [7, 11) is 2.56. The van der Waals surface area contributed by atoms with E-state index in [4.69, 9.17) is 14.2 Å². The van der Waals surface area contributed by atoms with Crippen LogP contribution in [0.25, 0.3) is 10.4 Å². The summed E-state index contributed by atoms with van der Waals surface area (Å²) in [5.41, 5.74) is -1.24. The molecule has 0 radical (unpaired) electrons. The predicted octanol–water partition coefficient (Wildman–Crippen LogP) is 2.52. The predicted molar refractivity (Wildman–Crippen MR) is 114 cm³/mol. The van der Waals surface area contributed by atoms with Gasteiger partial charge in [0.15, 0.2) is 16.4 Å². The number of rotatable bonds is 6. The van der Waals surface area contributed by atoms with Crippen molar-refractivity contribution in [3.05, 3.63) is 30.0 Å². The summed E-state index contributed by atoms with van der Waals surface area (Å²) < 4.78 is 56.5. The molecule has 3 aromatic heterocycles. The number of methoxy groups -OCH3 is 2. The fourth-order valence-electron chi connectivity index (χ4n) is 3.14. The molecule has 1 saturated heterocycles. The molecule has 15 heteroatoms. The van der Waals surface area contributed by atoms with Crippen LogP contribution in [0, 0.1) is 0 Å². The molecule has 11 nitrogen and oxygen atoms in total. The Hall–Kier alpha value is -3.59. The number of nitrogens with one attached hydrogen (secondary N) is 1. The van der Waals surface area contributed by atoms with Gasteiger partial charge in [-0.05, 0) is 0 Å². The zero-order valence-electron chi connectivity index (χ0n) is 17.9. The molecule has 0 bridgehead atoms. The van der Waals surface area contributed by atoms with Crippen molar-refractivity contribution in [3.63, 3.8) is 0 Å². The van der Waals surface area contributed by atoms with Crippen molar-refractivity contribution in [2.45, 2.75) is 6.18 Å². The van der Waals surface area contributed by atoms with Gasteiger partial charge in [-0.15, -0.1) is 0 Å². The molecular weight excluding hydrogens is 479 g/mol. The number of hydrogen-bond acceptors (Lipinski definition) is 11. The lowest BCUT2D eigenvalue weighted by Gasteiger charge is -2.26. The number of halogens is 3. The maximum atomic E-state index is 13.7. The van der Waals surface area contributed by atoms with E-state index in [2.05, 4.69) is 30.2 Å². The number of nitrogens with zero attached hydrogens (tertiary/aromatic N) is 6. The summed E-state index contributed by atoms with van der Waals surface area (Å²) in [6.07, 6.45) is -1.06. The van der Waals surface area contributed by atoms with Crippen LogP contribution in [0.4, 0.5) is 24.3 Å². The van der Waals surface area contributed by atoms with Crippen molar-refractivity contribution < 1.29 is 32.2 Å². The molecule has 0 unspecified atom stereocenters. The molecule has 3 aromatic rings. The van der Waals surface area contributed by atoms with E-state index >= 15 is 0 Å². The number of morpholine rings is 1. The average Bonchev–Trinajstić information content (AvgIpc) is 3.28. The minimum absolute atomic E-state index is 0.107. The second-order valence-electron chi connectivity index (χ2n) is 6.79. The highest BCUT2D eigenvalue weighted by atomic mass is 32.1. The van der Waals surface area contributed by atoms with E-state index in [0.717, 1.165) is 6.33 Å². The second-order valence-corrected chi connectivity index (χ2v) is 7.79. The van der Waals surface area contributed by atoms with Gasteiger partial charge in [0.25, 0.3) is 5.91 Å². The number of aromatic nitrogens is 5. The summed E-state index contributed by atoms with van der Waals surface area (Å²) in [5.74, 6) is -0.669. The van der Waals surface area contributed by atoms with Crippen LogP contribution in [-0.2, 0) is 10.9 Å². The molecule has 0 aromatic carbocycles. The molecular formula is C19H18F3N7O4S. The smallest absolute Gasteiger partial charge is 0.434 e. The number of anilines is 2. The highest BCUT2D eigenvalue weighted by molar-refractivity contribution is 7.19. The number of hydrogen-bond donors (Lipinski definition) is 1. The Morgan fingerprint density at radius 1 is 1.09 bits per heavy atom. The zero-order chi connectivity index (χ0) is 24.3. The van der Waals surface area contributed by atoms with Gasteiger partial charge in [-0.1, -0.05) is 11.3 Å². The van der Waals surface area contributed by atoms with Crippen LogP contribution in [0.15, 0.2) is 18.7 Å². The van der Waals surface area contributed by atoms with Crippen molar-refractivity contribution in [1.82, 2.24) is 24.9 Å². The normalized spacial score (nSPS) is 14.1. The first-order chi connectivity index (χ1) is 16.3. The van der Waals surface area contributed by atoms with E-state index in [1.807, 2.05) is 4.90 Å². The van der Waals surface area contributed by atoms with Crippen LogP contribution in [0.3, 0.4) is 0 Å². The van der Waals surface area contributed by atoms with Crippen molar-refractivity contribution in [2.24, 2.45) is 0 Å². The molecule has 0 spiro atoms. The Morgan fingerprint density at radius 2 is 1.71 bits per heavy atom. The molecule has 34 heavy (non-hydrogen) atoms. The molecule has 180 valence electrons. The quantitative estimate of drug-likeness (QED) is 0.543. The zero-order valence-corrected chi connectivity index (χ0v) is 18.7. The molecule has 1 fully saturated rings. The summed E-state index contributed by atoms with van der Waals surface area (Å²) in [4.78, 5) is 34.1. The van der Waals surface area contributed by atoms with Gasteiger partial charge in [0, 0.05) is 31.0 Å². The van der Waals surface area contributed by atoms with Gasteiger partial charge in [0.1, 0.15) is 6.33 Å². The minimum atomic E-state index is -4.77. The van der Waals surface area contributed by atoms with E-state index in [-0.39, 0.29) is 32.9 Å². The molecule has 1 aliphatic rings. The Kier molecular flexibility index (Phi) is 6.74. The van der Waals surface area contributed by atoms with Gasteiger partial charge >= 0.3 is 6.18 Å². The lowest BCUT2D eigenvalue weighted by molar-refractivity contribution is -0.140. The van der Waals surface area contributed by atoms with Crippen molar-refractivity contribution in [1.29, 1.82) is 0 Å². The third-order valence-corrected chi connectivity index (χ3v) is 5.72. The van der Waals surface area contributed by atoms with E-state index in [1.54, 1.807) is 0 Å². The van der Waals surface area contributed by atoms with Crippen LogP contribution >= 0.6 is 11.3 Å². The van der Waals surface area contributed by atoms with E-state index in [0.29, 0.717) is 43.6 Å². The number of carbonyl (C=O) groups excluding carboxylic acids is 1. The number of carbonyl (C=O) groups is 1. The second kappa shape index (κ2) is 9.72. The fourth-order valence-corrected chi connectivity index (χ4v) is 4.10.